The Morgan fingerprint density at radius 1 is 0.362 bits per heavy atom. The van der Waals surface area contributed by atoms with Crippen LogP contribution in [0.25, 0.3) is 112 Å². The molecule has 58 heavy (non-hydrogen) atoms. The molecule has 272 valence electrons. The number of hydrogen-bond acceptors (Lipinski definition) is 4. The van der Waals surface area contributed by atoms with Gasteiger partial charge in [0.2, 0.25) is 0 Å². The highest BCUT2D eigenvalue weighted by Crippen LogP contribution is 2.42. The highest BCUT2D eigenvalue weighted by atomic mass is 15.0. The van der Waals surface area contributed by atoms with Crippen LogP contribution >= 0.6 is 0 Å². The van der Waals surface area contributed by atoms with Crippen molar-refractivity contribution in [2.24, 2.45) is 0 Å². The summed E-state index contributed by atoms with van der Waals surface area (Å²) >= 11 is 0. The Hall–Kier alpha value is -7.82. The van der Waals surface area contributed by atoms with Gasteiger partial charge < -0.3 is 0 Å². The molecule has 0 aliphatic heterocycles. The van der Waals surface area contributed by atoms with Crippen LogP contribution in [0, 0.1) is 0 Å². The van der Waals surface area contributed by atoms with Gasteiger partial charge in [0.1, 0.15) is 0 Å². The molecule has 10 rings (SSSR count). The maximum atomic E-state index is 5.18. The summed E-state index contributed by atoms with van der Waals surface area (Å²) in [7, 11) is 0. The molecule has 0 radical (unpaired) electrons. The molecule has 0 bridgehead atoms. The lowest BCUT2D eigenvalue weighted by Gasteiger charge is -2.18. The van der Waals surface area contributed by atoms with Gasteiger partial charge in [-0.3, -0.25) is 4.98 Å². The van der Waals surface area contributed by atoms with Crippen LogP contribution in [0.4, 0.5) is 0 Å². The second kappa shape index (κ2) is 14.7. The topological polar surface area (TPSA) is 51.6 Å². The van der Waals surface area contributed by atoms with E-state index >= 15 is 0 Å². The van der Waals surface area contributed by atoms with E-state index in [1.54, 1.807) is 0 Å². The monoisotopic (exact) mass is 740 g/mol. The van der Waals surface area contributed by atoms with Crippen molar-refractivity contribution in [1.29, 1.82) is 0 Å². The maximum Gasteiger partial charge on any atom is 0.164 e. The Bertz CT molecular complexity index is 3140. The Morgan fingerprint density at radius 2 is 0.879 bits per heavy atom. The molecule has 0 aliphatic rings. The van der Waals surface area contributed by atoms with Gasteiger partial charge in [-0.05, 0) is 102 Å². The summed E-state index contributed by atoms with van der Waals surface area (Å²) in [5, 5.41) is 6.85. The summed E-state index contributed by atoms with van der Waals surface area (Å²) in [6.07, 6.45) is 7.67. The maximum absolute atomic E-state index is 5.18. The fourth-order valence-corrected chi connectivity index (χ4v) is 8.23. The number of aromatic nitrogens is 4. The molecule has 4 nitrogen and oxygen atoms in total. The molecule has 0 unspecified atom stereocenters. The highest BCUT2D eigenvalue weighted by Gasteiger charge is 2.19. The third kappa shape index (κ3) is 6.14. The van der Waals surface area contributed by atoms with Crippen molar-refractivity contribution >= 4 is 44.5 Å². The number of fused-ring (bicyclic) bond motifs is 4. The van der Waals surface area contributed by atoms with Crippen molar-refractivity contribution in [2.75, 3.05) is 0 Å². The standard InChI is InChI=1S/C54H36N4/c1-3-43-44(4-2)49-27-15-26-47(51(49)50-24-12-11-23-48(43)50)41-31-40(37-20-13-21-38(30-37)45-25-14-22-39-34-55-29-28-46(39)45)32-42(33-41)54-57-52(35-16-7-5-8-17-35)56-53(58-54)36-18-9-6-10-19-36/h3-34H,1-2H2. The van der Waals surface area contributed by atoms with Crippen LogP contribution in [0.5, 0.6) is 0 Å². The number of hydrogen-bond donors (Lipinski definition) is 0. The van der Waals surface area contributed by atoms with Crippen molar-refractivity contribution in [3.8, 4) is 67.5 Å². The minimum atomic E-state index is 0.597. The van der Waals surface area contributed by atoms with Crippen LogP contribution < -0.4 is 0 Å². The number of nitrogens with zero attached hydrogens (tertiary/aromatic N) is 4. The fraction of sp³-hybridized carbons (Fsp3) is 0. The third-order valence-corrected chi connectivity index (χ3v) is 10.9. The van der Waals surface area contributed by atoms with E-state index in [9.17, 15) is 0 Å². The lowest BCUT2D eigenvalue weighted by molar-refractivity contribution is 1.07. The molecule has 4 heteroatoms. The van der Waals surface area contributed by atoms with Gasteiger partial charge in [0.05, 0.1) is 0 Å². The van der Waals surface area contributed by atoms with Gasteiger partial charge in [0.25, 0.3) is 0 Å². The van der Waals surface area contributed by atoms with Crippen LogP contribution in [-0.4, -0.2) is 19.9 Å². The smallest absolute Gasteiger partial charge is 0.164 e. The first-order valence-corrected chi connectivity index (χ1v) is 19.4. The molecule has 0 fully saturated rings. The molecule has 0 saturated heterocycles. The zero-order valence-electron chi connectivity index (χ0n) is 31.7. The van der Waals surface area contributed by atoms with Crippen molar-refractivity contribution in [1.82, 2.24) is 19.9 Å². The van der Waals surface area contributed by atoms with Crippen LogP contribution in [0.2, 0.25) is 0 Å². The number of pyridine rings is 1. The van der Waals surface area contributed by atoms with Crippen LogP contribution in [0.15, 0.2) is 195 Å². The van der Waals surface area contributed by atoms with Gasteiger partial charge in [0.15, 0.2) is 17.5 Å². The lowest BCUT2D eigenvalue weighted by Crippen LogP contribution is -2.00. The first kappa shape index (κ1) is 34.7. The van der Waals surface area contributed by atoms with Gasteiger partial charge in [0, 0.05) is 34.5 Å². The summed E-state index contributed by atoms with van der Waals surface area (Å²) in [4.78, 5) is 19.7. The molecular weight excluding hydrogens is 705 g/mol. The van der Waals surface area contributed by atoms with Gasteiger partial charge in [-0.2, -0.15) is 0 Å². The van der Waals surface area contributed by atoms with E-state index < -0.39 is 0 Å². The fourth-order valence-electron chi connectivity index (χ4n) is 8.23. The SMILES string of the molecule is C=Cc1c(C=C)c2cccc(-c3cc(-c4cccc(-c5cccc6cnccc56)c4)cc(-c4nc(-c5ccccc5)nc(-c5ccccc5)n4)c3)c2c2ccccc12. The van der Waals surface area contributed by atoms with Crippen LogP contribution in [-0.2, 0) is 0 Å². The summed E-state index contributed by atoms with van der Waals surface area (Å²) < 4.78 is 0. The van der Waals surface area contributed by atoms with E-state index in [0.29, 0.717) is 17.5 Å². The number of rotatable bonds is 8. The molecule has 0 aliphatic carbocycles. The quantitative estimate of drug-likeness (QED) is 0.146. The summed E-state index contributed by atoms with van der Waals surface area (Å²) in [6.45, 7) is 8.45. The molecular formula is C54H36N4. The van der Waals surface area contributed by atoms with Crippen molar-refractivity contribution in [3.63, 3.8) is 0 Å². The average Bonchev–Trinajstić information content (AvgIpc) is 3.31. The van der Waals surface area contributed by atoms with Crippen molar-refractivity contribution in [3.05, 3.63) is 207 Å². The zero-order valence-corrected chi connectivity index (χ0v) is 31.7. The van der Waals surface area contributed by atoms with E-state index in [-0.39, 0.29) is 0 Å². The molecule has 2 aromatic heterocycles. The Labute approximate surface area is 337 Å². The van der Waals surface area contributed by atoms with Gasteiger partial charge in [-0.25, -0.2) is 15.0 Å². The van der Waals surface area contributed by atoms with E-state index in [4.69, 9.17) is 15.0 Å². The zero-order chi connectivity index (χ0) is 39.0. The summed E-state index contributed by atoms with van der Waals surface area (Å²) in [6, 6.07) is 59.3. The molecule has 0 saturated carbocycles. The summed E-state index contributed by atoms with van der Waals surface area (Å²) in [5.74, 6) is 1.83. The molecule has 0 amide bonds. The van der Waals surface area contributed by atoms with E-state index in [0.717, 1.165) is 93.5 Å². The van der Waals surface area contributed by atoms with E-state index in [2.05, 4.69) is 127 Å². The molecule has 8 aromatic carbocycles. The predicted molar refractivity (Wildman–Crippen MR) is 243 cm³/mol. The largest absolute Gasteiger partial charge is 0.264 e. The van der Waals surface area contributed by atoms with Crippen molar-refractivity contribution in [2.45, 2.75) is 0 Å². The van der Waals surface area contributed by atoms with E-state index in [1.807, 2.05) is 85.2 Å². The van der Waals surface area contributed by atoms with Crippen LogP contribution in [0.1, 0.15) is 11.1 Å². The molecule has 0 atom stereocenters. The lowest BCUT2D eigenvalue weighted by atomic mass is 9.86. The van der Waals surface area contributed by atoms with Gasteiger partial charge in [-0.15, -0.1) is 0 Å². The van der Waals surface area contributed by atoms with Crippen molar-refractivity contribution < 1.29 is 0 Å². The minimum absolute atomic E-state index is 0.597. The number of benzene rings is 8. The first-order chi connectivity index (χ1) is 28.7. The Morgan fingerprint density at radius 3 is 1.60 bits per heavy atom. The normalized spacial score (nSPS) is 11.2. The minimum Gasteiger partial charge on any atom is -0.264 e. The third-order valence-electron chi connectivity index (χ3n) is 10.9. The molecule has 0 spiro atoms. The second-order valence-electron chi connectivity index (χ2n) is 14.3. The van der Waals surface area contributed by atoms with Gasteiger partial charge >= 0.3 is 0 Å². The molecule has 0 N–H and O–H groups in total. The average molecular weight is 741 g/mol. The Balaban J connectivity index is 1.26. The van der Waals surface area contributed by atoms with Gasteiger partial charge in [-0.1, -0.05) is 165 Å². The van der Waals surface area contributed by atoms with Crippen LogP contribution in [0.3, 0.4) is 0 Å². The highest BCUT2D eigenvalue weighted by molar-refractivity contribution is 6.20. The first-order valence-electron chi connectivity index (χ1n) is 19.4. The second-order valence-corrected chi connectivity index (χ2v) is 14.3. The molecule has 2 heterocycles. The van der Waals surface area contributed by atoms with E-state index in [1.165, 1.54) is 0 Å². The summed E-state index contributed by atoms with van der Waals surface area (Å²) in [5.41, 5.74) is 11.5. The predicted octanol–water partition coefficient (Wildman–Crippen LogP) is 14.0. The Kier molecular flexibility index (Phi) is 8.77. The molecule has 10 aromatic rings.